The number of hydrogen-bond acceptors (Lipinski definition) is 6. The van der Waals surface area contributed by atoms with Crippen LogP contribution in [0.4, 0.5) is 5.82 Å². The number of benzene rings is 1. The van der Waals surface area contributed by atoms with E-state index in [1.807, 2.05) is 14.0 Å². The van der Waals surface area contributed by atoms with Crippen LogP contribution in [0.15, 0.2) is 29.2 Å². The molecule has 4 rings (SSSR count). The van der Waals surface area contributed by atoms with E-state index in [0.717, 1.165) is 29.4 Å². The predicted octanol–water partition coefficient (Wildman–Crippen LogP) is 1.69. The largest absolute Gasteiger partial charge is 0.365 e. The summed E-state index contributed by atoms with van der Waals surface area (Å²) in [5.74, 6) is 8.16. The highest BCUT2D eigenvalue weighted by molar-refractivity contribution is 7.89. The third-order valence-electron chi connectivity index (χ3n) is 4.48. The first-order valence-electron chi connectivity index (χ1n) is 8.90. The van der Waals surface area contributed by atoms with Gasteiger partial charge in [0.1, 0.15) is 17.3 Å². The van der Waals surface area contributed by atoms with Gasteiger partial charge in [-0.3, -0.25) is 0 Å². The minimum Gasteiger partial charge on any atom is -0.365 e. The van der Waals surface area contributed by atoms with Gasteiger partial charge in [-0.25, -0.2) is 28.2 Å². The number of anilines is 1. The average molecular weight is 396 g/mol. The summed E-state index contributed by atoms with van der Waals surface area (Å²) in [6.07, 6.45) is 2.29. The van der Waals surface area contributed by atoms with E-state index in [-0.39, 0.29) is 4.90 Å². The summed E-state index contributed by atoms with van der Waals surface area (Å²) in [5.41, 5.74) is 2.28. The smallest absolute Gasteiger partial charge is 0.238 e. The van der Waals surface area contributed by atoms with E-state index in [4.69, 9.17) is 5.14 Å². The summed E-state index contributed by atoms with van der Waals surface area (Å²) in [4.78, 5) is 9.11. The van der Waals surface area contributed by atoms with Crippen molar-refractivity contribution in [2.45, 2.75) is 31.2 Å². The SMILES string of the molecule is Cc1nc(NCc2ccc(S(N)(=O)=O)cc2)c2c(C#CC3CC3)nn(C)c2n1. The molecular formula is C19H20N6O2S. The Labute approximate surface area is 163 Å². The van der Waals surface area contributed by atoms with Gasteiger partial charge in [-0.1, -0.05) is 18.1 Å². The van der Waals surface area contributed by atoms with Crippen LogP contribution in [0.3, 0.4) is 0 Å². The molecular weight excluding hydrogens is 376 g/mol. The maximum Gasteiger partial charge on any atom is 0.238 e. The molecule has 1 aliphatic carbocycles. The molecule has 3 aromatic rings. The Hall–Kier alpha value is -2.96. The van der Waals surface area contributed by atoms with Crippen molar-refractivity contribution < 1.29 is 8.42 Å². The molecule has 1 saturated carbocycles. The van der Waals surface area contributed by atoms with E-state index in [2.05, 4.69) is 32.2 Å². The molecule has 0 saturated heterocycles. The molecule has 0 aliphatic heterocycles. The van der Waals surface area contributed by atoms with Gasteiger partial charge >= 0.3 is 0 Å². The molecule has 9 heteroatoms. The molecule has 2 aromatic heterocycles. The van der Waals surface area contributed by atoms with E-state index in [1.54, 1.807) is 16.8 Å². The highest BCUT2D eigenvalue weighted by atomic mass is 32.2. The van der Waals surface area contributed by atoms with Crippen molar-refractivity contribution >= 4 is 26.9 Å². The fraction of sp³-hybridized carbons (Fsp3) is 0.316. The van der Waals surface area contributed by atoms with E-state index in [1.165, 1.54) is 12.1 Å². The average Bonchev–Trinajstić information content (AvgIpc) is 3.42. The maximum atomic E-state index is 11.4. The minimum absolute atomic E-state index is 0.0846. The summed E-state index contributed by atoms with van der Waals surface area (Å²) in [6, 6.07) is 6.41. The quantitative estimate of drug-likeness (QED) is 0.649. The molecule has 28 heavy (non-hydrogen) atoms. The molecule has 0 radical (unpaired) electrons. The minimum atomic E-state index is -3.70. The number of aryl methyl sites for hydroxylation is 2. The second kappa shape index (κ2) is 6.89. The zero-order chi connectivity index (χ0) is 19.9. The van der Waals surface area contributed by atoms with E-state index >= 15 is 0 Å². The Morgan fingerprint density at radius 3 is 2.61 bits per heavy atom. The molecule has 0 atom stereocenters. The molecule has 3 N–H and O–H groups in total. The number of primary sulfonamides is 1. The van der Waals surface area contributed by atoms with Crippen LogP contribution in [0.1, 0.15) is 29.9 Å². The third-order valence-corrected chi connectivity index (χ3v) is 5.41. The summed E-state index contributed by atoms with van der Waals surface area (Å²) in [5, 5.41) is 13.7. The van der Waals surface area contributed by atoms with Crippen LogP contribution in [0.25, 0.3) is 11.0 Å². The number of nitrogens with two attached hydrogens (primary N) is 1. The van der Waals surface area contributed by atoms with Crippen molar-refractivity contribution in [2.75, 3.05) is 5.32 Å². The van der Waals surface area contributed by atoms with Crippen molar-refractivity contribution in [1.82, 2.24) is 19.7 Å². The van der Waals surface area contributed by atoms with Gasteiger partial charge in [-0.2, -0.15) is 5.10 Å². The van der Waals surface area contributed by atoms with Crippen LogP contribution < -0.4 is 10.5 Å². The zero-order valence-corrected chi connectivity index (χ0v) is 16.4. The second-order valence-corrected chi connectivity index (χ2v) is 8.44. The highest BCUT2D eigenvalue weighted by Gasteiger charge is 2.19. The molecule has 1 fully saturated rings. The number of fused-ring (bicyclic) bond motifs is 1. The van der Waals surface area contributed by atoms with Gasteiger partial charge in [0.25, 0.3) is 0 Å². The lowest BCUT2D eigenvalue weighted by Gasteiger charge is -2.09. The fourth-order valence-corrected chi connectivity index (χ4v) is 3.37. The lowest BCUT2D eigenvalue weighted by Crippen LogP contribution is -2.12. The summed E-state index contributed by atoms with van der Waals surface area (Å²) >= 11 is 0. The lowest BCUT2D eigenvalue weighted by atomic mass is 10.2. The molecule has 144 valence electrons. The van der Waals surface area contributed by atoms with Crippen molar-refractivity contribution in [3.63, 3.8) is 0 Å². The Balaban J connectivity index is 1.65. The third kappa shape index (κ3) is 3.83. The number of hydrogen-bond donors (Lipinski definition) is 2. The first-order chi connectivity index (χ1) is 13.3. The van der Waals surface area contributed by atoms with E-state index < -0.39 is 10.0 Å². The Kier molecular flexibility index (Phi) is 4.53. The van der Waals surface area contributed by atoms with Gasteiger partial charge < -0.3 is 5.32 Å². The van der Waals surface area contributed by atoms with Gasteiger partial charge in [0.15, 0.2) is 5.65 Å². The fourth-order valence-electron chi connectivity index (χ4n) is 2.85. The van der Waals surface area contributed by atoms with E-state index in [9.17, 15) is 8.42 Å². The van der Waals surface area contributed by atoms with Crippen molar-refractivity contribution in [3.8, 4) is 11.8 Å². The van der Waals surface area contributed by atoms with Gasteiger partial charge in [-0.15, -0.1) is 0 Å². The maximum absolute atomic E-state index is 11.4. The number of sulfonamides is 1. The van der Waals surface area contributed by atoms with Crippen molar-refractivity contribution in [3.05, 3.63) is 41.3 Å². The predicted molar refractivity (Wildman–Crippen MR) is 106 cm³/mol. The summed E-state index contributed by atoms with van der Waals surface area (Å²) in [7, 11) is -1.86. The van der Waals surface area contributed by atoms with Crippen LogP contribution >= 0.6 is 0 Å². The first-order valence-corrected chi connectivity index (χ1v) is 10.4. The normalized spacial score (nSPS) is 14.0. The summed E-state index contributed by atoms with van der Waals surface area (Å²) in [6.45, 7) is 2.29. The number of aromatic nitrogens is 4. The Morgan fingerprint density at radius 1 is 1.25 bits per heavy atom. The molecule has 1 aromatic carbocycles. The Bertz CT molecular complexity index is 1220. The standard InChI is InChI=1S/C19H20N6O2S/c1-12-22-18(21-11-14-5-8-15(9-6-14)28(20,26)27)17-16(10-7-13-3-4-13)24-25(2)19(17)23-12/h5-6,8-9,13H,3-4,11H2,1-2H3,(H2,20,26,27)(H,21,22,23). The van der Waals surface area contributed by atoms with Crippen LogP contribution in [-0.2, 0) is 23.6 Å². The highest BCUT2D eigenvalue weighted by Crippen LogP contribution is 2.29. The van der Waals surface area contributed by atoms with Gasteiger partial charge in [0.2, 0.25) is 10.0 Å². The first kappa shape index (κ1) is 18.4. The molecule has 0 bridgehead atoms. The molecule has 0 spiro atoms. The molecule has 1 aliphatic rings. The molecule has 8 nitrogen and oxygen atoms in total. The van der Waals surface area contributed by atoms with Crippen molar-refractivity contribution in [1.29, 1.82) is 0 Å². The number of nitrogens with one attached hydrogen (secondary N) is 1. The number of rotatable bonds is 4. The molecule has 0 unspecified atom stereocenters. The van der Waals surface area contributed by atoms with Gasteiger partial charge in [-0.05, 0) is 43.4 Å². The van der Waals surface area contributed by atoms with Crippen LogP contribution in [-0.4, -0.2) is 28.2 Å². The van der Waals surface area contributed by atoms with Gasteiger partial charge in [0, 0.05) is 19.5 Å². The topological polar surface area (TPSA) is 116 Å². The molecule has 2 heterocycles. The lowest BCUT2D eigenvalue weighted by molar-refractivity contribution is 0.598. The van der Waals surface area contributed by atoms with Gasteiger partial charge in [0.05, 0.1) is 10.3 Å². The zero-order valence-electron chi connectivity index (χ0n) is 15.6. The van der Waals surface area contributed by atoms with Crippen LogP contribution in [0.5, 0.6) is 0 Å². The molecule has 0 amide bonds. The second-order valence-electron chi connectivity index (χ2n) is 6.88. The monoisotopic (exact) mass is 396 g/mol. The van der Waals surface area contributed by atoms with Crippen LogP contribution in [0.2, 0.25) is 0 Å². The van der Waals surface area contributed by atoms with Crippen molar-refractivity contribution in [2.24, 2.45) is 18.1 Å². The number of nitrogens with zero attached hydrogens (tertiary/aromatic N) is 4. The summed E-state index contributed by atoms with van der Waals surface area (Å²) < 4.78 is 24.5. The van der Waals surface area contributed by atoms with E-state index in [0.29, 0.717) is 29.8 Å². The van der Waals surface area contributed by atoms with Crippen LogP contribution in [0, 0.1) is 24.7 Å². The Morgan fingerprint density at radius 2 is 1.96 bits per heavy atom.